The predicted molar refractivity (Wildman–Crippen MR) is 89.0 cm³/mol. The second-order valence-electron chi connectivity index (χ2n) is 6.16. The standard InChI is InChI=1S/C17H23ClN2O3/c1-22-16(21)11-20-5-2-15(3-6-20)19-10-13-9-14(18)8-12-4-7-23-17(12)13/h8-9,15,19H,2-7,10-11H2,1H3. The number of esters is 1. The number of carbonyl (C=O) groups excluding carboxylic acids is 1. The first-order valence-electron chi connectivity index (χ1n) is 8.12. The van der Waals surface area contributed by atoms with Crippen molar-refractivity contribution in [2.45, 2.75) is 31.8 Å². The fourth-order valence-electron chi connectivity index (χ4n) is 3.27. The molecular weight excluding hydrogens is 316 g/mol. The smallest absolute Gasteiger partial charge is 0.319 e. The number of rotatable bonds is 5. The summed E-state index contributed by atoms with van der Waals surface area (Å²) in [6.07, 6.45) is 3.00. The second kappa shape index (κ2) is 7.51. The van der Waals surface area contributed by atoms with E-state index >= 15 is 0 Å². The van der Waals surface area contributed by atoms with E-state index < -0.39 is 0 Å². The third-order valence-corrected chi connectivity index (χ3v) is 4.79. The molecule has 1 N–H and O–H groups in total. The summed E-state index contributed by atoms with van der Waals surface area (Å²) in [7, 11) is 1.43. The molecule has 1 aromatic rings. The van der Waals surface area contributed by atoms with Crippen molar-refractivity contribution in [2.24, 2.45) is 0 Å². The van der Waals surface area contributed by atoms with E-state index in [0.29, 0.717) is 12.6 Å². The summed E-state index contributed by atoms with van der Waals surface area (Å²) in [4.78, 5) is 13.4. The van der Waals surface area contributed by atoms with E-state index in [0.717, 1.165) is 61.8 Å². The topological polar surface area (TPSA) is 50.8 Å². The minimum Gasteiger partial charge on any atom is -0.493 e. The van der Waals surface area contributed by atoms with Crippen LogP contribution in [0.4, 0.5) is 0 Å². The van der Waals surface area contributed by atoms with Gasteiger partial charge in [0.25, 0.3) is 0 Å². The Kier molecular flexibility index (Phi) is 5.41. The zero-order valence-corrected chi connectivity index (χ0v) is 14.2. The zero-order valence-electron chi connectivity index (χ0n) is 13.4. The maximum absolute atomic E-state index is 11.3. The number of nitrogens with one attached hydrogen (secondary N) is 1. The highest BCUT2D eigenvalue weighted by molar-refractivity contribution is 6.30. The van der Waals surface area contributed by atoms with Gasteiger partial charge >= 0.3 is 5.97 Å². The van der Waals surface area contributed by atoms with E-state index in [4.69, 9.17) is 21.1 Å². The van der Waals surface area contributed by atoms with Crippen molar-refractivity contribution >= 4 is 17.6 Å². The normalized spacial score (nSPS) is 18.5. The van der Waals surface area contributed by atoms with Gasteiger partial charge in [-0.15, -0.1) is 0 Å². The summed E-state index contributed by atoms with van der Waals surface area (Å²) in [6, 6.07) is 4.45. The van der Waals surface area contributed by atoms with Crippen molar-refractivity contribution in [1.82, 2.24) is 10.2 Å². The highest BCUT2D eigenvalue weighted by Crippen LogP contribution is 2.32. The van der Waals surface area contributed by atoms with E-state index in [1.54, 1.807) is 0 Å². The molecule has 6 heteroatoms. The molecule has 2 heterocycles. The molecule has 1 fully saturated rings. The number of nitrogens with zero attached hydrogens (tertiary/aromatic N) is 1. The van der Waals surface area contributed by atoms with Crippen molar-refractivity contribution in [1.29, 1.82) is 0 Å². The maximum Gasteiger partial charge on any atom is 0.319 e. The molecule has 1 saturated heterocycles. The fourth-order valence-corrected chi connectivity index (χ4v) is 3.54. The Balaban J connectivity index is 1.50. The largest absolute Gasteiger partial charge is 0.493 e. The summed E-state index contributed by atoms with van der Waals surface area (Å²) in [6.45, 7) is 3.73. The van der Waals surface area contributed by atoms with Crippen LogP contribution in [-0.2, 0) is 22.5 Å². The van der Waals surface area contributed by atoms with Crippen LogP contribution in [0.1, 0.15) is 24.0 Å². The second-order valence-corrected chi connectivity index (χ2v) is 6.60. The molecule has 0 amide bonds. The molecule has 2 aliphatic rings. The molecule has 1 aromatic carbocycles. The lowest BCUT2D eigenvalue weighted by Crippen LogP contribution is -2.44. The van der Waals surface area contributed by atoms with Gasteiger partial charge in [0.05, 0.1) is 20.3 Å². The number of methoxy groups -OCH3 is 1. The summed E-state index contributed by atoms with van der Waals surface area (Å²) < 4.78 is 10.5. The Morgan fingerprint density at radius 2 is 2.22 bits per heavy atom. The number of halogens is 1. The van der Waals surface area contributed by atoms with Crippen molar-refractivity contribution in [2.75, 3.05) is 33.4 Å². The van der Waals surface area contributed by atoms with Crippen molar-refractivity contribution in [3.63, 3.8) is 0 Å². The minimum absolute atomic E-state index is 0.164. The summed E-state index contributed by atoms with van der Waals surface area (Å²) in [5.41, 5.74) is 2.35. The first-order valence-corrected chi connectivity index (χ1v) is 8.50. The average Bonchev–Trinajstić information content (AvgIpc) is 3.02. The van der Waals surface area contributed by atoms with Crippen molar-refractivity contribution < 1.29 is 14.3 Å². The van der Waals surface area contributed by atoms with Crippen LogP contribution in [0.15, 0.2) is 12.1 Å². The van der Waals surface area contributed by atoms with Gasteiger partial charge in [-0.1, -0.05) is 11.6 Å². The van der Waals surface area contributed by atoms with Gasteiger partial charge in [-0.3, -0.25) is 9.69 Å². The highest BCUT2D eigenvalue weighted by Gasteiger charge is 2.22. The van der Waals surface area contributed by atoms with Crippen LogP contribution >= 0.6 is 11.6 Å². The van der Waals surface area contributed by atoms with Crippen LogP contribution in [0.5, 0.6) is 5.75 Å². The number of hydrogen-bond acceptors (Lipinski definition) is 5. The number of ether oxygens (including phenoxy) is 2. The van der Waals surface area contributed by atoms with Crippen LogP contribution in [0.3, 0.4) is 0 Å². The Bertz CT molecular complexity index is 571. The third-order valence-electron chi connectivity index (χ3n) is 4.57. The first-order chi connectivity index (χ1) is 11.2. The minimum atomic E-state index is -0.164. The van der Waals surface area contributed by atoms with Gasteiger partial charge in [0.2, 0.25) is 0 Å². The fraction of sp³-hybridized carbons (Fsp3) is 0.588. The Morgan fingerprint density at radius 3 is 2.96 bits per heavy atom. The summed E-state index contributed by atoms with van der Waals surface area (Å²) in [5, 5.41) is 4.38. The molecule has 3 rings (SSSR count). The number of fused-ring (bicyclic) bond motifs is 1. The molecule has 126 valence electrons. The molecule has 0 bridgehead atoms. The molecule has 0 spiro atoms. The van der Waals surface area contributed by atoms with E-state index in [1.807, 2.05) is 12.1 Å². The lowest BCUT2D eigenvalue weighted by molar-refractivity contribution is -0.142. The van der Waals surface area contributed by atoms with Gasteiger partial charge in [-0.05, 0) is 30.5 Å². The number of carbonyl (C=O) groups is 1. The lowest BCUT2D eigenvalue weighted by atomic mass is 10.0. The molecule has 0 aromatic heterocycles. The molecule has 0 unspecified atom stereocenters. The molecular formula is C17H23ClN2O3. The van der Waals surface area contributed by atoms with Crippen LogP contribution in [-0.4, -0.2) is 50.3 Å². The Morgan fingerprint density at radius 1 is 1.43 bits per heavy atom. The first kappa shape index (κ1) is 16.6. The Hall–Kier alpha value is -1.30. The summed E-state index contributed by atoms with van der Waals surface area (Å²) >= 11 is 6.20. The monoisotopic (exact) mass is 338 g/mol. The zero-order chi connectivity index (χ0) is 16.2. The average molecular weight is 339 g/mol. The number of benzene rings is 1. The number of likely N-dealkylation sites (tertiary alicyclic amines) is 1. The quantitative estimate of drug-likeness (QED) is 0.832. The van der Waals surface area contributed by atoms with Crippen LogP contribution < -0.4 is 10.1 Å². The van der Waals surface area contributed by atoms with Crippen LogP contribution in [0.2, 0.25) is 5.02 Å². The molecule has 5 nitrogen and oxygen atoms in total. The molecule has 0 atom stereocenters. The predicted octanol–water partition coefficient (Wildman–Crippen LogP) is 2.00. The van der Waals surface area contributed by atoms with Gasteiger partial charge in [0.1, 0.15) is 5.75 Å². The van der Waals surface area contributed by atoms with Gasteiger partial charge in [-0.25, -0.2) is 0 Å². The van der Waals surface area contributed by atoms with Gasteiger partial charge in [0.15, 0.2) is 0 Å². The van der Waals surface area contributed by atoms with Gasteiger partial charge < -0.3 is 14.8 Å². The van der Waals surface area contributed by atoms with E-state index in [2.05, 4.69) is 10.2 Å². The maximum atomic E-state index is 11.3. The lowest BCUT2D eigenvalue weighted by Gasteiger charge is -2.31. The van der Waals surface area contributed by atoms with Gasteiger partial charge in [-0.2, -0.15) is 0 Å². The highest BCUT2D eigenvalue weighted by atomic mass is 35.5. The van der Waals surface area contributed by atoms with E-state index in [9.17, 15) is 4.79 Å². The van der Waals surface area contributed by atoms with E-state index in [-0.39, 0.29) is 5.97 Å². The van der Waals surface area contributed by atoms with Crippen molar-refractivity contribution in [3.05, 3.63) is 28.3 Å². The van der Waals surface area contributed by atoms with Crippen LogP contribution in [0, 0.1) is 0 Å². The number of hydrogen-bond donors (Lipinski definition) is 1. The summed E-state index contributed by atoms with van der Waals surface area (Å²) in [5.74, 6) is 0.841. The molecule has 0 aliphatic carbocycles. The van der Waals surface area contributed by atoms with Crippen LogP contribution in [0.25, 0.3) is 0 Å². The molecule has 0 radical (unpaired) electrons. The molecule has 2 aliphatic heterocycles. The van der Waals surface area contributed by atoms with E-state index in [1.165, 1.54) is 12.7 Å². The SMILES string of the molecule is COC(=O)CN1CCC(NCc2cc(Cl)cc3c2OCC3)CC1. The number of piperidine rings is 1. The Labute approximate surface area is 141 Å². The van der Waals surface area contributed by atoms with Crippen molar-refractivity contribution in [3.8, 4) is 5.75 Å². The van der Waals surface area contributed by atoms with Gasteiger partial charge in [0, 0.05) is 42.7 Å². The molecule has 23 heavy (non-hydrogen) atoms. The third kappa shape index (κ3) is 4.16. The molecule has 0 saturated carbocycles.